The molecular weight excluding hydrogens is 348 g/mol. The quantitative estimate of drug-likeness (QED) is 0.800. The zero-order valence-corrected chi connectivity index (χ0v) is 13.6. The number of hydrogen-bond donors (Lipinski definition) is 2. The van der Waals surface area contributed by atoms with Crippen molar-refractivity contribution in [2.75, 3.05) is 0 Å². The van der Waals surface area contributed by atoms with Gasteiger partial charge < -0.3 is 5.11 Å². The Kier molecular flexibility index (Phi) is 5.06. The van der Waals surface area contributed by atoms with E-state index in [0.29, 0.717) is 0 Å². The van der Waals surface area contributed by atoms with Crippen LogP contribution in [0.25, 0.3) is 0 Å². The summed E-state index contributed by atoms with van der Waals surface area (Å²) in [7, 11) is -4.10. The molecule has 0 aliphatic heterocycles. The minimum atomic E-state index is -4.10. The molecular formula is C12H15BrN2O4S. The third-order valence-electron chi connectivity index (χ3n) is 1.97. The van der Waals surface area contributed by atoms with Crippen molar-refractivity contribution in [3.63, 3.8) is 0 Å². The van der Waals surface area contributed by atoms with Crippen molar-refractivity contribution in [1.82, 2.24) is 4.72 Å². The fourth-order valence-electron chi connectivity index (χ4n) is 1.35. The number of carbonyl (C=O) groups is 1. The summed E-state index contributed by atoms with van der Waals surface area (Å²) < 4.78 is 30.0. The van der Waals surface area contributed by atoms with Gasteiger partial charge in [-0.15, -0.1) is 4.40 Å². The van der Waals surface area contributed by atoms with E-state index >= 15 is 0 Å². The maximum atomic E-state index is 11.8. The van der Waals surface area contributed by atoms with Crippen LogP contribution in [0.15, 0.2) is 33.1 Å². The number of benzene rings is 1. The monoisotopic (exact) mass is 362 g/mol. The molecule has 0 radical (unpaired) electrons. The van der Waals surface area contributed by atoms with Crippen LogP contribution in [0, 0.1) is 0 Å². The Hall–Kier alpha value is -1.25. The lowest BCUT2D eigenvalue weighted by Gasteiger charge is -2.18. The van der Waals surface area contributed by atoms with Crippen molar-refractivity contribution < 1.29 is 18.3 Å². The fraction of sp³-hybridized carbons (Fsp3) is 0.333. The topological polar surface area (TPSA) is 95.8 Å². The van der Waals surface area contributed by atoms with E-state index in [-0.39, 0.29) is 5.56 Å². The summed E-state index contributed by atoms with van der Waals surface area (Å²) >= 11 is 3.21. The Morgan fingerprint density at radius 2 is 1.75 bits per heavy atom. The maximum absolute atomic E-state index is 11.8. The lowest BCUT2D eigenvalue weighted by molar-refractivity contribution is -0.129. The summed E-state index contributed by atoms with van der Waals surface area (Å²) in [5.74, 6) is -1.41. The van der Waals surface area contributed by atoms with E-state index in [1.807, 2.05) is 0 Å². The third-order valence-corrected chi connectivity index (χ3v) is 3.79. The summed E-state index contributed by atoms with van der Waals surface area (Å²) in [5.41, 5.74) is -1.07. The van der Waals surface area contributed by atoms with Crippen molar-refractivity contribution in [2.24, 2.45) is 4.40 Å². The standard InChI is InChI=1S/C12H15BrN2O4S/c1-12(2,3)15-20(18,19)14-10(11(16)17)8-4-6-9(13)7-5-8/h4-7,15H,1-3H3,(H,16,17). The van der Waals surface area contributed by atoms with Crippen LogP contribution in [0.5, 0.6) is 0 Å². The van der Waals surface area contributed by atoms with Crippen LogP contribution in [0.1, 0.15) is 26.3 Å². The molecule has 1 aromatic rings. The highest BCUT2D eigenvalue weighted by molar-refractivity contribution is 9.10. The van der Waals surface area contributed by atoms with Crippen molar-refractivity contribution >= 4 is 37.8 Å². The van der Waals surface area contributed by atoms with Gasteiger partial charge in [0.25, 0.3) is 0 Å². The molecule has 0 aromatic heterocycles. The lowest BCUT2D eigenvalue weighted by atomic mass is 10.1. The molecule has 6 nitrogen and oxygen atoms in total. The van der Waals surface area contributed by atoms with Gasteiger partial charge in [0, 0.05) is 15.6 Å². The minimum Gasteiger partial charge on any atom is -0.476 e. The highest BCUT2D eigenvalue weighted by atomic mass is 79.9. The van der Waals surface area contributed by atoms with E-state index < -0.39 is 27.4 Å². The molecule has 0 unspecified atom stereocenters. The Morgan fingerprint density at radius 3 is 2.15 bits per heavy atom. The van der Waals surface area contributed by atoms with Crippen LogP contribution in [-0.2, 0) is 15.0 Å². The molecule has 0 amide bonds. The highest BCUT2D eigenvalue weighted by Gasteiger charge is 2.22. The maximum Gasteiger partial charge on any atom is 0.356 e. The summed E-state index contributed by atoms with van der Waals surface area (Å²) in [4.78, 5) is 11.2. The second kappa shape index (κ2) is 6.02. The minimum absolute atomic E-state index is 0.208. The van der Waals surface area contributed by atoms with E-state index in [2.05, 4.69) is 25.0 Å². The van der Waals surface area contributed by atoms with Gasteiger partial charge in [-0.25, -0.2) is 4.79 Å². The molecule has 0 aliphatic rings. The molecule has 2 N–H and O–H groups in total. The number of carboxylic acid groups (broad SMARTS) is 1. The van der Waals surface area contributed by atoms with Gasteiger partial charge in [-0.1, -0.05) is 28.1 Å². The van der Waals surface area contributed by atoms with Crippen LogP contribution in [0.4, 0.5) is 0 Å². The predicted molar refractivity (Wildman–Crippen MR) is 80.1 cm³/mol. The average Bonchev–Trinajstić information content (AvgIpc) is 2.23. The first-order chi connectivity index (χ1) is 9.00. The summed E-state index contributed by atoms with van der Waals surface area (Å²) in [6.07, 6.45) is 0. The average molecular weight is 363 g/mol. The zero-order valence-electron chi connectivity index (χ0n) is 11.2. The molecule has 0 aliphatic carbocycles. The Labute approximate surface area is 126 Å². The molecule has 20 heavy (non-hydrogen) atoms. The van der Waals surface area contributed by atoms with Crippen LogP contribution in [0.3, 0.4) is 0 Å². The SMILES string of the molecule is CC(C)(C)NS(=O)(=O)N=C(C(=O)O)c1ccc(Br)cc1. The van der Waals surface area contributed by atoms with Crippen LogP contribution >= 0.6 is 15.9 Å². The molecule has 8 heteroatoms. The zero-order chi connectivity index (χ0) is 15.6. The molecule has 0 fully saturated rings. The number of nitrogens with zero attached hydrogens (tertiary/aromatic N) is 1. The van der Waals surface area contributed by atoms with E-state index in [1.165, 1.54) is 12.1 Å². The van der Waals surface area contributed by atoms with Gasteiger partial charge in [0.1, 0.15) is 0 Å². The third kappa shape index (κ3) is 5.40. The Morgan fingerprint density at radius 1 is 1.25 bits per heavy atom. The van der Waals surface area contributed by atoms with Gasteiger partial charge in [0.05, 0.1) is 0 Å². The van der Waals surface area contributed by atoms with Crippen molar-refractivity contribution in [1.29, 1.82) is 0 Å². The number of carboxylic acids is 1. The van der Waals surface area contributed by atoms with Gasteiger partial charge >= 0.3 is 16.2 Å². The number of rotatable bonds is 4. The largest absolute Gasteiger partial charge is 0.476 e. The molecule has 1 rings (SSSR count). The van der Waals surface area contributed by atoms with E-state index in [1.54, 1.807) is 32.9 Å². The lowest BCUT2D eigenvalue weighted by Crippen LogP contribution is -2.40. The second-order valence-electron chi connectivity index (χ2n) is 5.08. The van der Waals surface area contributed by atoms with Gasteiger partial charge in [-0.05, 0) is 32.9 Å². The molecule has 0 bridgehead atoms. The highest BCUT2D eigenvalue weighted by Crippen LogP contribution is 2.13. The molecule has 0 atom stereocenters. The number of hydrogen-bond acceptors (Lipinski definition) is 3. The first-order valence-electron chi connectivity index (χ1n) is 5.63. The van der Waals surface area contributed by atoms with Crippen molar-refractivity contribution in [3.05, 3.63) is 34.3 Å². The normalized spacial score (nSPS) is 13.3. The number of nitrogens with one attached hydrogen (secondary N) is 1. The summed E-state index contributed by atoms with van der Waals surface area (Å²) in [5, 5.41) is 9.12. The molecule has 0 spiro atoms. The van der Waals surface area contributed by atoms with Crippen molar-refractivity contribution in [3.8, 4) is 0 Å². The molecule has 110 valence electrons. The van der Waals surface area contributed by atoms with Crippen LogP contribution in [-0.4, -0.2) is 30.7 Å². The van der Waals surface area contributed by atoms with Crippen LogP contribution in [0.2, 0.25) is 0 Å². The Balaban J connectivity index is 3.24. The molecule has 0 heterocycles. The summed E-state index contributed by atoms with van der Waals surface area (Å²) in [6.45, 7) is 4.92. The van der Waals surface area contributed by atoms with Gasteiger partial charge in [0.15, 0.2) is 5.71 Å². The fourth-order valence-corrected chi connectivity index (χ4v) is 2.86. The van der Waals surface area contributed by atoms with Gasteiger partial charge in [-0.3, -0.25) is 0 Å². The van der Waals surface area contributed by atoms with E-state index in [9.17, 15) is 13.2 Å². The smallest absolute Gasteiger partial charge is 0.356 e. The number of halogens is 1. The molecule has 0 saturated heterocycles. The van der Waals surface area contributed by atoms with E-state index in [0.717, 1.165) is 4.47 Å². The van der Waals surface area contributed by atoms with Gasteiger partial charge in [0.2, 0.25) is 0 Å². The Bertz CT molecular complexity index is 630. The molecule has 1 aromatic carbocycles. The predicted octanol–water partition coefficient (Wildman–Crippen LogP) is 1.96. The van der Waals surface area contributed by atoms with Crippen LogP contribution < -0.4 is 4.72 Å². The second-order valence-corrected chi connectivity index (χ2v) is 7.33. The molecule has 0 saturated carbocycles. The van der Waals surface area contributed by atoms with Crippen molar-refractivity contribution in [2.45, 2.75) is 26.3 Å². The number of aliphatic carboxylic acids is 1. The van der Waals surface area contributed by atoms with Gasteiger partial charge in [-0.2, -0.15) is 13.1 Å². The van der Waals surface area contributed by atoms with E-state index in [4.69, 9.17) is 5.11 Å². The summed E-state index contributed by atoms with van der Waals surface area (Å²) in [6, 6.07) is 6.17. The first-order valence-corrected chi connectivity index (χ1v) is 7.86. The first kappa shape index (κ1) is 16.8.